The van der Waals surface area contributed by atoms with Gasteiger partial charge in [0.25, 0.3) is 5.22 Å². The van der Waals surface area contributed by atoms with Gasteiger partial charge in [0.05, 0.1) is 12.2 Å². The molecule has 1 aliphatic rings. The maximum absolute atomic E-state index is 13.6. The van der Waals surface area contributed by atoms with Crippen LogP contribution in [0.4, 0.5) is 4.39 Å². The second kappa shape index (κ2) is 7.79. The fourth-order valence-corrected chi connectivity index (χ4v) is 3.51. The molecule has 2 aromatic rings. The molecule has 0 aliphatic carbocycles. The lowest BCUT2D eigenvalue weighted by Crippen LogP contribution is -2.42. The summed E-state index contributed by atoms with van der Waals surface area (Å²) in [5.74, 6) is 0.438. The van der Waals surface area contributed by atoms with Gasteiger partial charge in [-0.3, -0.25) is 4.79 Å². The minimum Gasteiger partial charge on any atom is -0.416 e. The topological polar surface area (TPSA) is 59.2 Å². The SMILES string of the molecule is C[C@@H]1CCCCN1C(=O)CSc1nnc(Cc2ccccc2F)o1. The largest absolute Gasteiger partial charge is 0.416 e. The summed E-state index contributed by atoms with van der Waals surface area (Å²) in [5, 5.41) is 8.21. The molecule has 5 nitrogen and oxygen atoms in total. The van der Waals surface area contributed by atoms with E-state index in [0.29, 0.717) is 22.7 Å². The number of carbonyl (C=O) groups is 1. The van der Waals surface area contributed by atoms with Crippen molar-refractivity contribution in [2.75, 3.05) is 12.3 Å². The maximum Gasteiger partial charge on any atom is 0.277 e. The third kappa shape index (κ3) is 4.14. The molecule has 2 heterocycles. The molecule has 1 aromatic heterocycles. The summed E-state index contributed by atoms with van der Waals surface area (Å²) in [6, 6.07) is 6.79. The molecule has 0 saturated carbocycles. The number of thioether (sulfide) groups is 1. The molecule has 0 unspecified atom stereocenters. The lowest BCUT2D eigenvalue weighted by molar-refractivity contribution is -0.131. The van der Waals surface area contributed by atoms with Crippen LogP contribution in [0.15, 0.2) is 33.9 Å². The summed E-state index contributed by atoms with van der Waals surface area (Å²) in [7, 11) is 0. The molecule has 0 radical (unpaired) electrons. The van der Waals surface area contributed by atoms with E-state index in [1.165, 1.54) is 24.2 Å². The summed E-state index contributed by atoms with van der Waals surface area (Å²) in [6.07, 6.45) is 3.55. The molecule has 128 valence electrons. The average molecular weight is 349 g/mol. The Morgan fingerprint density at radius 1 is 1.38 bits per heavy atom. The lowest BCUT2D eigenvalue weighted by Gasteiger charge is -2.33. The van der Waals surface area contributed by atoms with E-state index in [2.05, 4.69) is 17.1 Å². The van der Waals surface area contributed by atoms with Crippen LogP contribution in [0, 0.1) is 5.82 Å². The van der Waals surface area contributed by atoms with Crippen molar-refractivity contribution in [3.63, 3.8) is 0 Å². The van der Waals surface area contributed by atoms with Crippen LogP contribution in [0.5, 0.6) is 0 Å². The van der Waals surface area contributed by atoms with E-state index in [0.717, 1.165) is 19.4 Å². The highest BCUT2D eigenvalue weighted by atomic mass is 32.2. The predicted octanol–water partition coefficient (Wildman–Crippen LogP) is 3.29. The highest BCUT2D eigenvalue weighted by Gasteiger charge is 2.23. The normalized spacial score (nSPS) is 17.9. The van der Waals surface area contributed by atoms with Gasteiger partial charge < -0.3 is 9.32 Å². The molecule has 0 spiro atoms. The Balaban J connectivity index is 1.54. The first kappa shape index (κ1) is 17.0. The predicted molar refractivity (Wildman–Crippen MR) is 89.3 cm³/mol. The van der Waals surface area contributed by atoms with Gasteiger partial charge in [0.15, 0.2) is 0 Å². The van der Waals surface area contributed by atoms with Crippen molar-refractivity contribution in [2.24, 2.45) is 0 Å². The monoisotopic (exact) mass is 349 g/mol. The minimum atomic E-state index is -0.292. The zero-order chi connectivity index (χ0) is 16.9. The number of carbonyl (C=O) groups excluding carboxylic acids is 1. The van der Waals surface area contributed by atoms with Crippen LogP contribution in [0.25, 0.3) is 0 Å². The van der Waals surface area contributed by atoms with E-state index < -0.39 is 0 Å². The van der Waals surface area contributed by atoms with Crippen molar-refractivity contribution in [2.45, 2.75) is 43.9 Å². The zero-order valence-corrected chi connectivity index (χ0v) is 14.4. The standard InChI is InChI=1S/C17H20FN3O2S/c1-12-6-4-5-9-21(12)16(22)11-24-17-20-19-15(23-17)10-13-7-2-3-8-14(13)18/h2-3,7-8,12H,4-6,9-11H2,1H3/t12-/m1/s1. The number of halogens is 1. The second-order valence-corrected chi connectivity index (χ2v) is 6.88. The van der Waals surface area contributed by atoms with Crippen LogP contribution in [-0.4, -0.2) is 39.3 Å². The molecule has 3 rings (SSSR count). The molecular weight excluding hydrogens is 329 g/mol. The van der Waals surface area contributed by atoms with Crippen LogP contribution in [-0.2, 0) is 11.2 Å². The van der Waals surface area contributed by atoms with E-state index in [-0.39, 0.29) is 23.9 Å². The van der Waals surface area contributed by atoms with Gasteiger partial charge in [-0.2, -0.15) is 0 Å². The minimum absolute atomic E-state index is 0.0982. The van der Waals surface area contributed by atoms with Gasteiger partial charge >= 0.3 is 0 Å². The van der Waals surface area contributed by atoms with Gasteiger partial charge in [0.1, 0.15) is 5.82 Å². The van der Waals surface area contributed by atoms with Crippen LogP contribution >= 0.6 is 11.8 Å². The Hall–Kier alpha value is -1.89. The number of hydrogen-bond donors (Lipinski definition) is 0. The molecular formula is C17H20FN3O2S. The Bertz CT molecular complexity index is 707. The summed E-state index contributed by atoms with van der Waals surface area (Å²) in [5.41, 5.74) is 0.510. The van der Waals surface area contributed by atoms with Crippen LogP contribution in [0.1, 0.15) is 37.6 Å². The lowest BCUT2D eigenvalue weighted by atomic mass is 10.0. The number of nitrogens with zero attached hydrogens (tertiary/aromatic N) is 3. The summed E-state index contributed by atoms with van der Waals surface area (Å²) >= 11 is 1.23. The first-order valence-electron chi connectivity index (χ1n) is 8.11. The van der Waals surface area contributed by atoms with Crippen molar-refractivity contribution in [1.29, 1.82) is 0 Å². The smallest absolute Gasteiger partial charge is 0.277 e. The van der Waals surface area contributed by atoms with Crippen LogP contribution < -0.4 is 0 Å². The van der Waals surface area contributed by atoms with Gasteiger partial charge in [-0.15, -0.1) is 10.2 Å². The second-order valence-electron chi connectivity index (χ2n) is 5.95. The summed E-state index contributed by atoms with van der Waals surface area (Å²) < 4.78 is 19.1. The maximum atomic E-state index is 13.6. The average Bonchev–Trinajstić information content (AvgIpc) is 3.03. The molecule has 0 bridgehead atoms. The Labute approximate surface area is 144 Å². The first-order chi connectivity index (χ1) is 11.6. The van der Waals surface area contributed by atoms with E-state index in [9.17, 15) is 9.18 Å². The molecule has 7 heteroatoms. The Morgan fingerprint density at radius 2 is 2.21 bits per heavy atom. The number of amides is 1. The molecule has 1 fully saturated rings. The van der Waals surface area contributed by atoms with Crippen LogP contribution in [0.3, 0.4) is 0 Å². The third-order valence-electron chi connectivity index (χ3n) is 4.19. The van der Waals surface area contributed by atoms with E-state index in [1.807, 2.05) is 4.90 Å². The van der Waals surface area contributed by atoms with Gasteiger partial charge in [-0.25, -0.2) is 4.39 Å². The van der Waals surface area contributed by atoms with Crippen LogP contribution in [0.2, 0.25) is 0 Å². The van der Waals surface area contributed by atoms with Crippen molar-refractivity contribution < 1.29 is 13.6 Å². The third-order valence-corrected chi connectivity index (χ3v) is 4.99. The van der Waals surface area contributed by atoms with E-state index in [1.54, 1.807) is 18.2 Å². The first-order valence-corrected chi connectivity index (χ1v) is 9.10. The Kier molecular flexibility index (Phi) is 5.50. The fourth-order valence-electron chi connectivity index (χ4n) is 2.85. The van der Waals surface area contributed by atoms with Gasteiger partial charge in [-0.05, 0) is 37.8 Å². The molecule has 24 heavy (non-hydrogen) atoms. The highest BCUT2D eigenvalue weighted by Crippen LogP contribution is 2.22. The fraction of sp³-hybridized carbons (Fsp3) is 0.471. The Morgan fingerprint density at radius 3 is 3.00 bits per heavy atom. The van der Waals surface area contributed by atoms with E-state index >= 15 is 0 Å². The summed E-state index contributed by atoms with van der Waals surface area (Å²) in [6.45, 7) is 2.91. The summed E-state index contributed by atoms with van der Waals surface area (Å²) in [4.78, 5) is 14.2. The number of hydrogen-bond acceptors (Lipinski definition) is 5. The number of likely N-dealkylation sites (tertiary alicyclic amines) is 1. The van der Waals surface area contributed by atoms with Gasteiger partial charge in [0.2, 0.25) is 11.8 Å². The van der Waals surface area contributed by atoms with Crippen molar-refractivity contribution >= 4 is 17.7 Å². The zero-order valence-electron chi connectivity index (χ0n) is 13.6. The number of rotatable bonds is 5. The van der Waals surface area contributed by atoms with Crippen molar-refractivity contribution in [3.05, 3.63) is 41.5 Å². The molecule has 1 aromatic carbocycles. The van der Waals surface area contributed by atoms with E-state index in [4.69, 9.17) is 4.42 Å². The molecule has 1 aliphatic heterocycles. The molecule has 1 amide bonds. The van der Waals surface area contributed by atoms with Crippen molar-refractivity contribution in [1.82, 2.24) is 15.1 Å². The van der Waals surface area contributed by atoms with Gasteiger partial charge in [0, 0.05) is 12.6 Å². The molecule has 1 atom stereocenters. The number of piperidine rings is 1. The number of benzene rings is 1. The molecule has 0 N–H and O–H groups in total. The van der Waals surface area contributed by atoms with Gasteiger partial charge in [-0.1, -0.05) is 30.0 Å². The molecule has 1 saturated heterocycles. The quantitative estimate of drug-likeness (QED) is 0.775. The number of aromatic nitrogens is 2. The van der Waals surface area contributed by atoms with Crippen molar-refractivity contribution in [3.8, 4) is 0 Å². The highest BCUT2D eigenvalue weighted by molar-refractivity contribution is 7.99.